The van der Waals surface area contributed by atoms with E-state index >= 15 is 0 Å². The van der Waals surface area contributed by atoms with E-state index in [-0.39, 0.29) is 10.6 Å². The summed E-state index contributed by atoms with van der Waals surface area (Å²) in [5, 5.41) is 9.52. The Labute approximate surface area is 197 Å². The summed E-state index contributed by atoms with van der Waals surface area (Å²) in [4.78, 5) is 14.3. The van der Waals surface area contributed by atoms with Gasteiger partial charge in [0.15, 0.2) is 0 Å². The number of nitrogens with zero attached hydrogens (tertiary/aromatic N) is 1. The number of carbonyl (C=O) groups is 1. The number of ether oxygens (including phenoxy) is 1. The largest absolute Gasteiger partial charge is 0.497 e. The topological polar surface area (TPSA) is 95.9 Å². The van der Waals surface area contributed by atoms with E-state index in [0.717, 1.165) is 33.0 Å². The summed E-state index contributed by atoms with van der Waals surface area (Å²) >= 11 is 1.06. The number of nitrogens with one attached hydrogen (secondary N) is 1. The molecule has 9 heteroatoms. The SMILES string of the molecule is COc1ccc(-c2ccc(S(=O)(=O)NC(CC#Cc3cccc(N(C)C)c3)C(=O)O)s2)cc1. The lowest BCUT2D eigenvalue weighted by Gasteiger charge is -2.12. The molecule has 0 aliphatic rings. The highest BCUT2D eigenvalue weighted by molar-refractivity contribution is 7.91. The number of carboxylic acid groups (broad SMARTS) is 1. The molecular weight excluding hydrogens is 460 g/mol. The highest BCUT2D eigenvalue weighted by Crippen LogP contribution is 2.31. The van der Waals surface area contributed by atoms with Gasteiger partial charge in [-0.25, -0.2) is 8.42 Å². The van der Waals surface area contributed by atoms with E-state index in [9.17, 15) is 18.3 Å². The van der Waals surface area contributed by atoms with Gasteiger partial charge >= 0.3 is 5.97 Å². The minimum Gasteiger partial charge on any atom is -0.497 e. The van der Waals surface area contributed by atoms with Crippen molar-refractivity contribution < 1.29 is 23.1 Å². The Morgan fingerprint density at radius 3 is 2.52 bits per heavy atom. The van der Waals surface area contributed by atoms with Crippen molar-refractivity contribution in [2.24, 2.45) is 0 Å². The molecule has 3 aromatic rings. The fraction of sp³-hybridized carbons (Fsp3) is 0.208. The number of rotatable bonds is 8. The molecule has 0 saturated carbocycles. The van der Waals surface area contributed by atoms with Gasteiger partial charge in [-0.3, -0.25) is 4.79 Å². The summed E-state index contributed by atoms with van der Waals surface area (Å²) in [6, 6.07) is 16.5. The van der Waals surface area contributed by atoms with Crippen molar-refractivity contribution in [2.45, 2.75) is 16.7 Å². The Balaban J connectivity index is 1.73. The molecule has 0 aliphatic carbocycles. The third kappa shape index (κ3) is 6.35. The van der Waals surface area contributed by atoms with Crippen molar-refractivity contribution in [1.82, 2.24) is 4.72 Å². The average molecular weight is 485 g/mol. The molecule has 0 amide bonds. The van der Waals surface area contributed by atoms with Gasteiger partial charge in [0, 0.05) is 36.6 Å². The smallest absolute Gasteiger partial charge is 0.322 e. The van der Waals surface area contributed by atoms with Gasteiger partial charge in [-0.05, 0) is 60.2 Å². The van der Waals surface area contributed by atoms with Crippen LogP contribution in [-0.2, 0) is 14.8 Å². The summed E-state index contributed by atoms with van der Waals surface area (Å²) < 4.78 is 33.0. The maximum Gasteiger partial charge on any atom is 0.322 e. The van der Waals surface area contributed by atoms with E-state index in [0.29, 0.717) is 5.75 Å². The fourth-order valence-corrected chi connectivity index (χ4v) is 5.43. The molecule has 0 spiro atoms. The Morgan fingerprint density at radius 1 is 1.15 bits per heavy atom. The van der Waals surface area contributed by atoms with Crippen molar-refractivity contribution in [3.8, 4) is 28.0 Å². The van der Waals surface area contributed by atoms with Crippen LogP contribution in [0, 0.1) is 11.8 Å². The van der Waals surface area contributed by atoms with Crippen molar-refractivity contribution in [3.63, 3.8) is 0 Å². The molecule has 1 unspecified atom stereocenters. The summed E-state index contributed by atoms with van der Waals surface area (Å²) in [6.07, 6.45) is -0.169. The molecule has 1 heterocycles. The number of carboxylic acids is 1. The number of hydrogen-bond donors (Lipinski definition) is 2. The lowest BCUT2D eigenvalue weighted by atomic mass is 10.1. The number of methoxy groups -OCH3 is 1. The Bertz CT molecular complexity index is 1290. The van der Waals surface area contributed by atoms with E-state index in [4.69, 9.17) is 4.74 Å². The lowest BCUT2D eigenvalue weighted by molar-refractivity contribution is -0.138. The summed E-state index contributed by atoms with van der Waals surface area (Å²) in [6.45, 7) is 0. The fourth-order valence-electron chi connectivity index (χ4n) is 2.92. The summed E-state index contributed by atoms with van der Waals surface area (Å²) in [7, 11) is 1.36. The first-order chi connectivity index (χ1) is 15.7. The van der Waals surface area contributed by atoms with Crippen LogP contribution >= 0.6 is 11.3 Å². The second kappa shape index (κ2) is 10.5. The molecule has 2 aromatic carbocycles. The van der Waals surface area contributed by atoms with Crippen molar-refractivity contribution in [3.05, 3.63) is 66.2 Å². The van der Waals surface area contributed by atoms with E-state index in [1.807, 2.05) is 55.4 Å². The van der Waals surface area contributed by atoms with Crippen LogP contribution in [0.5, 0.6) is 5.75 Å². The average Bonchev–Trinajstić information content (AvgIpc) is 3.30. The van der Waals surface area contributed by atoms with Crippen molar-refractivity contribution in [2.75, 3.05) is 26.1 Å². The zero-order valence-electron chi connectivity index (χ0n) is 18.4. The first-order valence-electron chi connectivity index (χ1n) is 9.95. The first-order valence-corrected chi connectivity index (χ1v) is 12.3. The van der Waals surface area contributed by atoms with Gasteiger partial charge in [-0.1, -0.05) is 17.9 Å². The van der Waals surface area contributed by atoms with Crippen LogP contribution in [0.15, 0.2) is 64.9 Å². The third-order valence-corrected chi connectivity index (χ3v) is 7.82. The number of benzene rings is 2. The van der Waals surface area contributed by atoms with Gasteiger partial charge in [0.05, 0.1) is 7.11 Å². The number of anilines is 1. The van der Waals surface area contributed by atoms with E-state index < -0.39 is 22.0 Å². The summed E-state index contributed by atoms with van der Waals surface area (Å²) in [5.74, 6) is 5.09. The Hall–Kier alpha value is -3.32. The van der Waals surface area contributed by atoms with Crippen LogP contribution in [0.2, 0.25) is 0 Å². The second-order valence-electron chi connectivity index (χ2n) is 7.31. The predicted octanol–water partition coefficient (Wildman–Crippen LogP) is 3.66. The zero-order chi connectivity index (χ0) is 24.0. The molecule has 0 aliphatic heterocycles. The minimum absolute atomic E-state index is 0.0335. The van der Waals surface area contributed by atoms with Crippen LogP contribution in [0.25, 0.3) is 10.4 Å². The van der Waals surface area contributed by atoms with Crippen LogP contribution in [0.4, 0.5) is 5.69 Å². The van der Waals surface area contributed by atoms with Gasteiger partial charge in [0.2, 0.25) is 0 Å². The molecule has 0 fully saturated rings. The molecule has 3 rings (SSSR count). The number of thiophene rings is 1. The molecular formula is C24H24N2O5S2. The van der Waals surface area contributed by atoms with Crippen LogP contribution in [0.3, 0.4) is 0 Å². The predicted molar refractivity (Wildman–Crippen MR) is 130 cm³/mol. The van der Waals surface area contributed by atoms with E-state index in [1.165, 1.54) is 6.07 Å². The number of sulfonamides is 1. The van der Waals surface area contributed by atoms with Crippen molar-refractivity contribution in [1.29, 1.82) is 0 Å². The normalized spacial score (nSPS) is 11.8. The van der Waals surface area contributed by atoms with Gasteiger partial charge in [-0.2, -0.15) is 4.72 Å². The highest BCUT2D eigenvalue weighted by Gasteiger charge is 2.26. The maximum absolute atomic E-state index is 12.8. The molecule has 0 saturated heterocycles. The molecule has 172 valence electrons. The number of hydrogen-bond acceptors (Lipinski definition) is 6. The monoisotopic (exact) mass is 484 g/mol. The summed E-state index contributed by atoms with van der Waals surface area (Å²) in [5.41, 5.74) is 2.51. The molecule has 0 bridgehead atoms. The first kappa shape index (κ1) is 24.3. The van der Waals surface area contributed by atoms with Crippen molar-refractivity contribution >= 4 is 33.0 Å². The highest BCUT2D eigenvalue weighted by atomic mass is 32.2. The van der Waals surface area contributed by atoms with E-state index in [2.05, 4.69) is 16.6 Å². The van der Waals surface area contributed by atoms with Crippen LogP contribution in [0.1, 0.15) is 12.0 Å². The standard InChI is InChI=1S/C24H24N2O5S2/c1-26(2)19-8-4-6-17(16-19)7-5-9-21(24(27)28)25-33(29,30)23-15-14-22(32-23)18-10-12-20(31-3)13-11-18/h4,6,8,10-16,21,25H,9H2,1-3H3,(H,27,28). The minimum atomic E-state index is -4.03. The van der Waals surface area contributed by atoms with Crippen LogP contribution < -0.4 is 14.4 Å². The molecule has 33 heavy (non-hydrogen) atoms. The van der Waals surface area contributed by atoms with Gasteiger partial charge in [0.25, 0.3) is 10.0 Å². The number of aliphatic carboxylic acids is 1. The molecule has 1 atom stereocenters. The molecule has 1 aromatic heterocycles. The van der Waals surface area contributed by atoms with Gasteiger partial charge in [0.1, 0.15) is 16.0 Å². The second-order valence-corrected chi connectivity index (χ2v) is 10.3. The Kier molecular flexibility index (Phi) is 7.76. The molecule has 7 nitrogen and oxygen atoms in total. The maximum atomic E-state index is 12.8. The Morgan fingerprint density at radius 2 is 1.88 bits per heavy atom. The third-order valence-electron chi connectivity index (χ3n) is 4.72. The van der Waals surface area contributed by atoms with Gasteiger partial charge < -0.3 is 14.7 Å². The van der Waals surface area contributed by atoms with Crippen LogP contribution in [-0.4, -0.2) is 46.7 Å². The molecule has 2 N–H and O–H groups in total. The van der Waals surface area contributed by atoms with E-state index in [1.54, 1.807) is 25.3 Å². The quantitative estimate of drug-likeness (QED) is 0.474. The zero-order valence-corrected chi connectivity index (χ0v) is 20.0. The lowest BCUT2D eigenvalue weighted by Crippen LogP contribution is -2.40. The molecule has 0 radical (unpaired) electrons. The van der Waals surface area contributed by atoms with Gasteiger partial charge in [-0.15, -0.1) is 11.3 Å².